The minimum atomic E-state index is -4.05. The molecule has 3 N–H and O–H groups in total. The predicted molar refractivity (Wildman–Crippen MR) is 97.3 cm³/mol. The average Bonchev–Trinajstić information content (AvgIpc) is 2.51. The van der Waals surface area contributed by atoms with Gasteiger partial charge in [-0.1, -0.05) is 13.2 Å². The van der Waals surface area contributed by atoms with E-state index in [0.717, 1.165) is 0 Å². The van der Waals surface area contributed by atoms with Crippen LogP contribution in [0.15, 0.2) is 24.3 Å². The van der Waals surface area contributed by atoms with Crippen molar-refractivity contribution >= 4 is 43.5 Å². The number of carboxylic acids is 2. The molecule has 1 unspecified atom stereocenters. The minimum absolute atomic E-state index is 0.185. The lowest BCUT2D eigenvalue weighted by atomic mass is 10.3. The van der Waals surface area contributed by atoms with Crippen molar-refractivity contribution in [3.8, 4) is 0 Å². The molecule has 0 saturated carbocycles. The van der Waals surface area contributed by atoms with Gasteiger partial charge >= 0.3 is 23.9 Å². The van der Waals surface area contributed by atoms with Gasteiger partial charge in [0.05, 0.1) is 22.3 Å². The van der Waals surface area contributed by atoms with Gasteiger partial charge in [0.25, 0.3) is 10.1 Å². The van der Waals surface area contributed by atoms with Gasteiger partial charge in [0.2, 0.25) is 0 Å². The largest absolute Gasteiger partial charge is 0.481 e. The number of ether oxygens (including phenoxy) is 1. The number of hydrogen-bond donors (Lipinski definition) is 3. The molecule has 0 aromatic carbocycles. The van der Waals surface area contributed by atoms with Crippen LogP contribution in [-0.2, 0) is 38.6 Å². The summed E-state index contributed by atoms with van der Waals surface area (Å²) in [6.45, 7) is 9.29. The summed E-state index contributed by atoms with van der Waals surface area (Å²) in [4.78, 5) is 40.1. The van der Waals surface area contributed by atoms with Gasteiger partial charge in [0, 0.05) is 11.1 Å². The Balaban J connectivity index is -0.000000336. The predicted octanol–water partition coefficient (Wildman–Crippen LogP) is 0.825. The fraction of sp³-hybridized carbons (Fsp3) is 0.429. The number of hydrogen-bond acceptors (Lipinski definition) is 8. The van der Waals surface area contributed by atoms with Gasteiger partial charge in [0.1, 0.15) is 12.4 Å². The van der Waals surface area contributed by atoms with Crippen LogP contribution in [0.1, 0.15) is 26.7 Å². The van der Waals surface area contributed by atoms with Crippen molar-refractivity contribution in [2.45, 2.75) is 26.7 Å². The molecule has 0 radical (unpaired) electrons. The maximum Gasteiger partial charge on any atom is 0.335 e. The maximum atomic E-state index is 10.6. The molecule has 11 nitrogen and oxygen atoms in total. The maximum absolute atomic E-state index is 10.6. The van der Waals surface area contributed by atoms with Crippen LogP contribution in [0, 0.1) is 0 Å². The smallest absolute Gasteiger partial charge is 0.335 e. The van der Waals surface area contributed by atoms with Crippen molar-refractivity contribution in [3.63, 3.8) is 0 Å². The Morgan fingerprint density at radius 2 is 1.30 bits per heavy atom. The zero-order valence-electron chi connectivity index (χ0n) is 14.8. The monoisotopic (exact) mass is 430 g/mol. The highest BCUT2D eigenvalue weighted by Gasteiger charge is 2.07. The fourth-order valence-electron chi connectivity index (χ4n) is 0.677. The highest BCUT2D eigenvalue weighted by Crippen LogP contribution is 1.95. The molecular weight excluding hydrogens is 407 g/mol. The van der Waals surface area contributed by atoms with E-state index in [9.17, 15) is 27.6 Å². The second-order valence-electron chi connectivity index (χ2n) is 4.68. The molecule has 0 fully saturated rings. The number of esters is 1. The van der Waals surface area contributed by atoms with Gasteiger partial charge in [-0.3, -0.25) is 14.1 Å². The van der Waals surface area contributed by atoms with E-state index in [4.69, 9.17) is 14.8 Å². The molecule has 0 aliphatic rings. The second kappa shape index (κ2) is 15.9. The third kappa shape index (κ3) is 28.8. The van der Waals surface area contributed by atoms with Crippen molar-refractivity contribution in [3.05, 3.63) is 24.3 Å². The molecule has 0 amide bonds. The van der Waals surface area contributed by atoms with E-state index in [1.54, 1.807) is 6.92 Å². The summed E-state index contributed by atoms with van der Waals surface area (Å²) in [6.07, 6.45) is -0.593. The van der Waals surface area contributed by atoms with E-state index < -0.39 is 33.8 Å². The highest BCUT2D eigenvalue weighted by molar-refractivity contribution is 7.85. The third-order valence-corrected chi connectivity index (χ3v) is 2.83. The number of carbonyl (C=O) groups excluding carboxylic acids is 2. The van der Waals surface area contributed by atoms with Crippen molar-refractivity contribution < 1.29 is 51.6 Å². The first kappa shape index (κ1) is 29.5. The Morgan fingerprint density at radius 1 is 0.926 bits per heavy atom. The molecule has 13 heteroatoms. The van der Waals surface area contributed by atoms with Crippen molar-refractivity contribution in [1.82, 2.24) is 0 Å². The summed E-state index contributed by atoms with van der Waals surface area (Å²) in [5.41, 5.74) is 0.598. The topological polar surface area (TPSA) is 182 Å². The molecule has 27 heavy (non-hydrogen) atoms. The zero-order valence-corrected chi connectivity index (χ0v) is 16.8. The molecule has 0 spiro atoms. The summed E-state index contributed by atoms with van der Waals surface area (Å²) in [5.74, 6) is -3.80. The number of carbonyl (C=O) groups is 4. The molecule has 0 aliphatic heterocycles. The summed E-state index contributed by atoms with van der Waals surface area (Å²) in [6, 6.07) is 0. The van der Waals surface area contributed by atoms with Crippen LogP contribution < -0.4 is 0 Å². The van der Waals surface area contributed by atoms with Crippen LogP contribution >= 0.6 is 9.47 Å². The van der Waals surface area contributed by atoms with Gasteiger partial charge in [0.15, 0.2) is 0 Å². The molecule has 0 heterocycles. The summed E-state index contributed by atoms with van der Waals surface area (Å²) >= 11 is 0. The van der Waals surface area contributed by atoms with Crippen LogP contribution in [0.4, 0.5) is 0 Å². The fourth-order valence-corrected chi connectivity index (χ4v) is 1.17. The number of carboxylic acid groups (broad SMARTS) is 2. The first-order chi connectivity index (χ1) is 12.1. The molecule has 156 valence electrons. The van der Waals surface area contributed by atoms with E-state index in [2.05, 4.69) is 22.4 Å². The summed E-state index contributed by atoms with van der Waals surface area (Å²) < 4.78 is 37.1. The Hall–Kier alpha value is -2.30. The van der Waals surface area contributed by atoms with Crippen molar-refractivity contribution in [2.75, 3.05) is 12.4 Å². The Labute approximate surface area is 159 Å². The van der Waals surface area contributed by atoms with Crippen LogP contribution in [0.5, 0.6) is 0 Å². The Bertz CT molecular complexity index is 638. The van der Waals surface area contributed by atoms with Crippen molar-refractivity contribution in [1.29, 1.82) is 0 Å². The molecular formula is C14H23O11PS. The zero-order chi connectivity index (χ0) is 22.2. The standard InChI is InChI=1S/C6H10O5S.C4H6O4.C4H7O2P/c1-5(2)6(7)11-3-4-12(8,9)10;5-3(6)1-2-4(7)8;1-3(2)4(5)6-7/h1,3-4H2,2H3,(H,8,9,10);1-2H2,(H,5,6)(H,7,8);1,7H2,2H3. The number of aliphatic carboxylic acids is 2. The average molecular weight is 430 g/mol. The quantitative estimate of drug-likeness (QED) is 0.215. The van der Waals surface area contributed by atoms with Crippen LogP contribution in [0.2, 0.25) is 0 Å². The Morgan fingerprint density at radius 3 is 1.48 bits per heavy atom. The SMILES string of the molecule is C=C(C)C(=O)OCCS(=O)(=O)O.C=C(C)C(=O)OP.O=C(O)CCC(=O)O. The van der Waals surface area contributed by atoms with E-state index in [0.29, 0.717) is 5.57 Å². The molecule has 0 bridgehead atoms. The first-order valence-electron chi connectivity index (χ1n) is 6.92. The van der Waals surface area contributed by atoms with E-state index in [-0.39, 0.29) is 31.0 Å². The Kier molecular flexibility index (Phi) is 17.4. The normalized spacial score (nSPS) is 9.33. The van der Waals surface area contributed by atoms with Gasteiger partial charge in [-0.25, -0.2) is 9.59 Å². The molecule has 0 saturated heterocycles. The number of rotatable bonds is 8. The molecule has 0 aromatic heterocycles. The molecule has 1 atom stereocenters. The second-order valence-corrected chi connectivity index (χ2v) is 6.48. The molecule has 0 aromatic rings. The lowest BCUT2D eigenvalue weighted by Gasteiger charge is -2.01. The third-order valence-electron chi connectivity index (χ3n) is 1.93. The van der Waals surface area contributed by atoms with Crippen molar-refractivity contribution in [2.24, 2.45) is 0 Å². The van der Waals surface area contributed by atoms with Gasteiger partial charge in [-0.2, -0.15) is 8.42 Å². The highest BCUT2D eigenvalue weighted by atomic mass is 32.2. The molecule has 0 rings (SSSR count). The lowest BCUT2D eigenvalue weighted by Crippen LogP contribution is -2.14. The van der Waals surface area contributed by atoms with Crippen LogP contribution in [-0.4, -0.2) is 59.4 Å². The van der Waals surface area contributed by atoms with Crippen LogP contribution in [0.3, 0.4) is 0 Å². The lowest BCUT2D eigenvalue weighted by molar-refractivity contribution is -0.143. The summed E-state index contributed by atoms with van der Waals surface area (Å²) in [5, 5.41) is 15.8. The molecule has 0 aliphatic carbocycles. The van der Waals surface area contributed by atoms with E-state index in [1.807, 2.05) is 9.47 Å². The van der Waals surface area contributed by atoms with Gasteiger partial charge < -0.3 is 19.5 Å². The van der Waals surface area contributed by atoms with Crippen LogP contribution in [0.25, 0.3) is 0 Å². The first-order valence-corrected chi connectivity index (χ1v) is 9.00. The minimum Gasteiger partial charge on any atom is -0.481 e. The summed E-state index contributed by atoms with van der Waals surface area (Å²) in [7, 11) is -2.20. The van der Waals surface area contributed by atoms with E-state index in [1.165, 1.54) is 6.92 Å². The van der Waals surface area contributed by atoms with Gasteiger partial charge in [-0.15, -0.1) is 0 Å². The van der Waals surface area contributed by atoms with Gasteiger partial charge in [-0.05, 0) is 13.8 Å². The van der Waals surface area contributed by atoms with E-state index >= 15 is 0 Å².